The lowest BCUT2D eigenvalue weighted by atomic mass is 10.1. The van der Waals surface area contributed by atoms with E-state index in [1.807, 2.05) is 12.3 Å². The van der Waals surface area contributed by atoms with E-state index in [9.17, 15) is 14.4 Å². The van der Waals surface area contributed by atoms with Gasteiger partial charge in [0.05, 0.1) is 23.8 Å². The van der Waals surface area contributed by atoms with Crippen molar-refractivity contribution in [2.45, 2.75) is 20.1 Å². The molecule has 0 spiro atoms. The van der Waals surface area contributed by atoms with E-state index in [2.05, 4.69) is 15.6 Å². The Labute approximate surface area is 182 Å². The van der Waals surface area contributed by atoms with Crippen LogP contribution in [0.15, 0.2) is 53.9 Å². The summed E-state index contributed by atoms with van der Waals surface area (Å²) in [6.07, 6.45) is 0. The van der Waals surface area contributed by atoms with Gasteiger partial charge in [0, 0.05) is 16.6 Å². The number of amides is 4. The standard InChI is InChI=1S/C22H20N4O4S/c1-14-24-18(13-31-14)12-30-19-7-3-5-16(9-19)21(28)25-17-6-2-4-15(8-17)11-26-20(27)10-23-22(26)29/h2-9,13H,10-12H2,1H3,(H,23,29)(H,25,28). The average Bonchev–Trinajstić information content (AvgIpc) is 3.32. The number of carbonyl (C=O) groups is 3. The Bertz CT molecular complexity index is 1130. The Hall–Kier alpha value is -3.72. The zero-order valence-electron chi connectivity index (χ0n) is 16.8. The summed E-state index contributed by atoms with van der Waals surface area (Å²) < 4.78 is 5.75. The third-order valence-corrected chi connectivity index (χ3v) is 5.43. The van der Waals surface area contributed by atoms with Crippen molar-refractivity contribution in [3.8, 4) is 5.75 Å². The van der Waals surface area contributed by atoms with Gasteiger partial charge in [-0.25, -0.2) is 9.78 Å². The number of aromatic nitrogens is 1. The Morgan fingerprint density at radius 1 is 1.23 bits per heavy atom. The molecule has 0 bridgehead atoms. The summed E-state index contributed by atoms with van der Waals surface area (Å²) in [4.78, 5) is 41.7. The van der Waals surface area contributed by atoms with E-state index in [-0.39, 0.29) is 24.9 Å². The molecule has 9 heteroatoms. The maximum atomic E-state index is 12.7. The molecule has 4 rings (SSSR count). The molecule has 2 aromatic carbocycles. The van der Waals surface area contributed by atoms with E-state index < -0.39 is 6.03 Å². The first-order chi connectivity index (χ1) is 15.0. The third-order valence-electron chi connectivity index (χ3n) is 4.61. The number of carbonyl (C=O) groups excluding carboxylic acids is 3. The molecule has 3 aromatic rings. The van der Waals surface area contributed by atoms with E-state index in [0.29, 0.717) is 23.6 Å². The number of aryl methyl sites for hydroxylation is 1. The van der Waals surface area contributed by atoms with Gasteiger partial charge in [-0.1, -0.05) is 18.2 Å². The van der Waals surface area contributed by atoms with Crippen molar-refractivity contribution < 1.29 is 19.1 Å². The molecule has 0 atom stereocenters. The number of imide groups is 1. The predicted molar refractivity (Wildman–Crippen MR) is 116 cm³/mol. The first-order valence-corrected chi connectivity index (χ1v) is 10.5. The van der Waals surface area contributed by atoms with E-state index in [1.54, 1.807) is 59.9 Å². The number of hydrogen-bond acceptors (Lipinski definition) is 6. The van der Waals surface area contributed by atoms with E-state index >= 15 is 0 Å². The number of nitrogens with zero attached hydrogens (tertiary/aromatic N) is 2. The lowest BCUT2D eigenvalue weighted by Gasteiger charge is -2.13. The van der Waals surface area contributed by atoms with Gasteiger partial charge >= 0.3 is 6.03 Å². The minimum absolute atomic E-state index is 0.00967. The molecule has 1 aliphatic rings. The highest BCUT2D eigenvalue weighted by Gasteiger charge is 2.28. The van der Waals surface area contributed by atoms with Crippen molar-refractivity contribution in [2.24, 2.45) is 0 Å². The van der Waals surface area contributed by atoms with E-state index in [4.69, 9.17) is 4.74 Å². The fraction of sp³-hybridized carbons (Fsp3) is 0.182. The van der Waals surface area contributed by atoms with Crippen LogP contribution >= 0.6 is 11.3 Å². The summed E-state index contributed by atoms with van der Waals surface area (Å²) in [5.74, 6) is 0.0109. The number of urea groups is 1. The van der Waals surface area contributed by atoms with Crippen molar-refractivity contribution in [3.05, 3.63) is 75.7 Å². The minimum Gasteiger partial charge on any atom is -0.487 e. The van der Waals surface area contributed by atoms with Crippen LogP contribution in [0.4, 0.5) is 10.5 Å². The van der Waals surface area contributed by atoms with Crippen molar-refractivity contribution in [3.63, 3.8) is 0 Å². The molecule has 158 valence electrons. The fourth-order valence-electron chi connectivity index (χ4n) is 3.11. The van der Waals surface area contributed by atoms with Gasteiger partial charge < -0.3 is 15.4 Å². The topological polar surface area (TPSA) is 101 Å². The van der Waals surface area contributed by atoms with Crippen LogP contribution in [0.1, 0.15) is 26.6 Å². The quantitative estimate of drug-likeness (QED) is 0.554. The molecule has 1 aliphatic heterocycles. The smallest absolute Gasteiger partial charge is 0.324 e. The molecule has 1 saturated heterocycles. The van der Waals surface area contributed by atoms with Crippen molar-refractivity contribution in [2.75, 3.05) is 11.9 Å². The molecule has 4 amide bonds. The summed E-state index contributed by atoms with van der Waals surface area (Å²) in [6.45, 7) is 2.43. The number of hydrogen-bond donors (Lipinski definition) is 2. The highest BCUT2D eigenvalue weighted by molar-refractivity contribution is 7.09. The Morgan fingerprint density at radius 3 is 2.81 bits per heavy atom. The molecule has 0 radical (unpaired) electrons. The normalized spacial score (nSPS) is 13.3. The van der Waals surface area contributed by atoms with Crippen molar-refractivity contribution in [1.29, 1.82) is 0 Å². The van der Waals surface area contributed by atoms with Crippen LogP contribution in [0.5, 0.6) is 5.75 Å². The van der Waals surface area contributed by atoms with Gasteiger partial charge in [0.2, 0.25) is 5.91 Å². The molecule has 2 heterocycles. The first-order valence-electron chi connectivity index (χ1n) is 9.60. The van der Waals surface area contributed by atoms with Crippen LogP contribution in [-0.4, -0.2) is 34.3 Å². The molecule has 1 aromatic heterocycles. The number of thiazole rings is 1. The van der Waals surface area contributed by atoms with Gasteiger partial charge in [0.15, 0.2) is 0 Å². The van der Waals surface area contributed by atoms with Crippen LogP contribution in [-0.2, 0) is 17.9 Å². The minimum atomic E-state index is -0.413. The molecular weight excluding hydrogens is 416 g/mol. The van der Waals surface area contributed by atoms with Gasteiger partial charge in [-0.15, -0.1) is 11.3 Å². The second kappa shape index (κ2) is 8.97. The molecule has 31 heavy (non-hydrogen) atoms. The molecule has 0 saturated carbocycles. The van der Waals surface area contributed by atoms with Gasteiger partial charge in [-0.3, -0.25) is 14.5 Å². The second-order valence-corrected chi connectivity index (χ2v) is 8.03. The van der Waals surface area contributed by atoms with Crippen molar-refractivity contribution >= 4 is 34.9 Å². The summed E-state index contributed by atoms with van der Waals surface area (Å²) in [7, 11) is 0. The Kier molecular flexibility index (Phi) is 5.94. The Morgan fingerprint density at radius 2 is 2.06 bits per heavy atom. The monoisotopic (exact) mass is 436 g/mol. The van der Waals surface area contributed by atoms with Crippen LogP contribution < -0.4 is 15.4 Å². The SMILES string of the molecule is Cc1nc(COc2cccc(C(=O)Nc3cccc(CN4C(=O)CNC4=O)c3)c2)cs1. The summed E-state index contributed by atoms with van der Waals surface area (Å²) >= 11 is 1.56. The molecule has 8 nitrogen and oxygen atoms in total. The summed E-state index contributed by atoms with van der Waals surface area (Å²) in [5.41, 5.74) is 2.60. The van der Waals surface area contributed by atoms with Crippen LogP contribution in [0.3, 0.4) is 0 Å². The van der Waals surface area contributed by atoms with Crippen molar-refractivity contribution in [1.82, 2.24) is 15.2 Å². The molecule has 2 N–H and O–H groups in total. The zero-order valence-corrected chi connectivity index (χ0v) is 17.6. The number of rotatable bonds is 7. The summed E-state index contributed by atoms with van der Waals surface area (Å²) in [5, 5.41) is 8.25. The zero-order chi connectivity index (χ0) is 21.8. The molecule has 0 aliphatic carbocycles. The maximum absolute atomic E-state index is 12.7. The lowest BCUT2D eigenvalue weighted by Crippen LogP contribution is -2.30. The van der Waals surface area contributed by atoms with Crippen LogP contribution in [0.25, 0.3) is 0 Å². The molecule has 1 fully saturated rings. The molecular formula is C22H20N4O4S. The number of nitrogens with one attached hydrogen (secondary N) is 2. The maximum Gasteiger partial charge on any atom is 0.324 e. The predicted octanol–water partition coefficient (Wildman–Crippen LogP) is 3.33. The average molecular weight is 436 g/mol. The number of benzene rings is 2. The van der Waals surface area contributed by atoms with Gasteiger partial charge in [0.25, 0.3) is 5.91 Å². The first kappa shape index (κ1) is 20.5. The van der Waals surface area contributed by atoms with Crippen LogP contribution in [0.2, 0.25) is 0 Å². The largest absolute Gasteiger partial charge is 0.487 e. The molecule has 0 unspecified atom stereocenters. The van der Waals surface area contributed by atoms with Gasteiger partial charge in [-0.05, 0) is 42.8 Å². The number of anilines is 1. The highest BCUT2D eigenvalue weighted by atomic mass is 32.1. The summed E-state index contributed by atoms with van der Waals surface area (Å²) in [6, 6.07) is 13.5. The van der Waals surface area contributed by atoms with Crippen LogP contribution in [0, 0.1) is 6.92 Å². The second-order valence-electron chi connectivity index (χ2n) is 6.97. The number of ether oxygens (including phenoxy) is 1. The fourth-order valence-corrected chi connectivity index (χ4v) is 3.70. The van der Waals surface area contributed by atoms with Gasteiger partial charge in [-0.2, -0.15) is 0 Å². The third kappa shape index (κ3) is 5.07. The van der Waals surface area contributed by atoms with E-state index in [1.165, 1.54) is 0 Å². The highest BCUT2D eigenvalue weighted by Crippen LogP contribution is 2.19. The van der Waals surface area contributed by atoms with E-state index in [0.717, 1.165) is 21.2 Å². The lowest BCUT2D eigenvalue weighted by molar-refractivity contribution is -0.125. The Balaban J connectivity index is 1.40. The van der Waals surface area contributed by atoms with Gasteiger partial charge in [0.1, 0.15) is 12.4 Å².